The van der Waals surface area contributed by atoms with Crippen LogP contribution in [0.5, 0.6) is 0 Å². The van der Waals surface area contributed by atoms with Crippen LogP contribution in [0, 0.1) is 18.8 Å². The molecular weight excluding hydrogens is 474 g/mol. The van der Waals surface area contributed by atoms with Crippen molar-refractivity contribution in [3.63, 3.8) is 0 Å². The van der Waals surface area contributed by atoms with Crippen LogP contribution in [0.2, 0.25) is 0 Å². The van der Waals surface area contributed by atoms with Gasteiger partial charge in [-0.2, -0.15) is 0 Å². The summed E-state index contributed by atoms with van der Waals surface area (Å²) in [6, 6.07) is 14.8. The van der Waals surface area contributed by atoms with Crippen molar-refractivity contribution >= 4 is 11.6 Å². The third-order valence-corrected chi connectivity index (χ3v) is 8.52. The number of nitrogens with one attached hydrogen (secondary N) is 2. The van der Waals surface area contributed by atoms with E-state index in [2.05, 4.69) is 82.3 Å². The molecule has 6 rings (SSSR count). The summed E-state index contributed by atoms with van der Waals surface area (Å²) in [5.41, 5.74) is 12.1. The summed E-state index contributed by atoms with van der Waals surface area (Å²) in [5.74, 6) is 1.74. The van der Waals surface area contributed by atoms with E-state index >= 15 is 0 Å². The van der Waals surface area contributed by atoms with Crippen molar-refractivity contribution in [2.24, 2.45) is 11.8 Å². The van der Waals surface area contributed by atoms with Gasteiger partial charge < -0.3 is 20.0 Å². The zero-order valence-electron chi connectivity index (χ0n) is 22.5. The fourth-order valence-corrected chi connectivity index (χ4v) is 6.12. The average molecular weight is 514 g/mol. The van der Waals surface area contributed by atoms with Gasteiger partial charge in [-0.3, -0.25) is 9.69 Å². The first-order chi connectivity index (χ1) is 18.5. The number of benzene rings is 2. The Kier molecular flexibility index (Phi) is 7.24. The Hall–Kier alpha value is -3.13. The van der Waals surface area contributed by atoms with E-state index in [1.54, 1.807) is 0 Å². The molecule has 2 saturated heterocycles. The molecule has 2 aromatic rings. The molecule has 0 aromatic heterocycles. The topological polar surface area (TPSA) is 60.1 Å². The minimum absolute atomic E-state index is 0.129. The van der Waals surface area contributed by atoms with Crippen molar-refractivity contribution in [1.82, 2.24) is 20.1 Å². The highest BCUT2D eigenvalue weighted by Crippen LogP contribution is 2.36. The van der Waals surface area contributed by atoms with E-state index in [-0.39, 0.29) is 11.9 Å². The predicted molar refractivity (Wildman–Crippen MR) is 151 cm³/mol. The van der Waals surface area contributed by atoms with E-state index in [0.717, 1.165) is 80.4 Å². The second-order valence-corrected chi connectivity index (χ2v) is 11.2. The second kappa shape index (κ2) is 10.9. The zero-order chi connectivity index (χ0) is 26.1. The van der Waals surface area contributed by atoms with Gasteiger partial charge in [-0.05, 0) is 61.4 Å². The normalized spacial score (nSPS) is 25.1. The summed E-state index contributed by atoms with van der Waals surface area (Å²) in [4.78, 5) is 20.6. The number of fused-ring (bicyclic) bond motifs is 2. The molecule has 7 heteroatoms. The van der Waals surface area contributed by atoms with Crippen LogP contribution in [-0.2, 0) is 11.2 Å². The Balaban J connectivity index is 1.08. The molecule has 0 saturated carbocycles. The summed E-state index contributed by atoms with van der Waals surface area (Å²) < 4.78 is 6.13. The molecule has 38 heavy (non-hydrogen) atoms. The Bertz CT molecular complexity index is 1220. The lowest BCUT2D eigenvalue weighted by molar-refractivity contribution is 0.0786. The van der Waals surface area contributed by atoms with E-state index in [9.17, 15) is 4.79 Å². The Morgan fingerprint density at radius 3 is 2.66 bits per heavy atom. The molecule has 200 valence electrons. The van der Waals surface area contributed by atoms with Crippen molar-refractivity contribution < 1.29 is 9.53 Å². The Morgan fingerprint density at radius 2 is 1.84 bits per heavy atom. The number of aryl methyl sites for hydroxylation is 1. The van der Waals surface area contributed by atoms with Gasteiger partial charge in [-0.15, -0.1) is 0 Å². The molecule has 0 bridgehead atoms. The molecule has 2 fully saturated rings. The number of likely N-dealkylation sites (tertiary alicyclic amines) is 1. The molecule has 4 aliphatic rings. The summed E-state index contributed by atoms with van der Waals surface area (Å²) in [6.07, 6.45) is 7.45. The number of amides is 1. The number of rotatable bonds is 7. The molecule has 1 amide bonds. The third kappa shape index (κ3) is 5.37. The molecule has 2 aromatic carbocycles. The molecule has 3 heterocycles. The first kappa shape index (κ1) is 25.2. The highest BCUT2D eigenvalue weighted by atomic mass is 16.5. The van der Waals surface area contributed by atoms with Crippen LogP contribution in [0.25, 0.3) is 0 Å². The van der Waals surface area contributed by atoms with E-state index in [1.165, 1.54) is 5.56 Å². The van der Waals surface area contributed by atoms with E-state index in [4.69, 9.17) is 4.74 Å². The van der Waals surface area contributed by atoms with Gasteiger partial charge in [0.15, 0.2) is 0 Å². The van der Waals surface area contributed by atoms with Gasteiger partial charge in [0.1, 0.15) is 12.4 Å². The largest absolute Gasteiger partial charge is 0.493 e. The van der Waals surface area contributed by atoms with E-state index in [0.29, 0.717) is 18.4 Å². The predicted octanol–water partition coefficient (Wildman–Crippen LogP) is 3.61. The standard InChI is InChI=1S/C31H39N5O2/c1-22-16-29-28(30(33-32-29)17-23-6-4-3-5-7-23)19-27(22)31(37)36-20-24-8-9-26(18-25(24)21-36)38-15-14-35-12-10-34(2)11-13-35/h3-9,16,18-19,24-25,30,32-33H,10-15,17,20-21H2,1-2H3. The maximum absolute atomic E-state index is 13.7. The molecule has 1 aliphatic carbocycles. The van der Waals surface area contributed by atoms with Crippen LogP contribution in [0.1, 0.15) is 33.1 Å². The highest BCUT2D eigenvalue weighted by Gasteiger charge is 2.36. The SMILES string of the molecule is Cc1cc2c(cc1C(=O)N1CC3C=CC(OCCN4CCN(C)CC4)=CC3C1)C(Cc1ccccc1)NN2. The third-order valence-electron chi connectivity index (χ3n) is 8.52. The van der Waals surface area contributed by atoms with Gasteiger partial charge >= 0.3 is 0 Å². The van der Waals surface area contributed by atoms with Crippen molar-refractivity contribution in [1.29, 1.82) is 0 Å². The van der Waals surface area contributed by atoms with Gasteiger partial charge in [0, 0.05) is 63.2 Å². The molecule has 3 aliphatic heterocycles. The number of hydrogen-bond acceptors (Lipinski definition) is 6. The summed E-state index contributed by atoms with van der Waals surface area (Å²) in [7, 11) is 2.18. The fraction of sp³-hybridized carbons (Fsp3) is 0.452. The van der Waals surface area contributed by atoms with Crippen LogP contribution in [0.3, 0.4) is 0 Å². The number of hydrogen-bond donors (Lipinski definition) is 2. The van der Waals surface area contributed by atoms with Crippen molar-refractivity contribution in [3.05, 3.63) is 88.7 Å². The van der Waals surface area contributed by atoms with Crippen molar-refractivity contribution in [2.45, 2.75) is 19.4 Å². The summed E-state index contributed by atoms with van der Waals surface area (Å²) in [5, 5.41) is 0. The molecule has 3 atom stereocenters. The van der Waals surface area contributed by atoms with Gasteiger partial charge in [0.05, 0.1) is 11.7 Å². The molecular formula is C31H39N5O2. The van der Waals surface area contributed by atoms with Crippen LogP contribution >= 0.6 is 0 Å². The smallest absolute Gasteiger partial charge is 0.254 e. The number of anilines is 1. The lowest BCUT2D eigenvalue weighted by atomic mass is 9.91. The quantitative estimate of drug-likeness (QED) is 0.590. The first-order valence-electron chi connectivity index (χ1n) is 14.0. The van der Waals surface area contributed by atoms with Gasteiger partial charge in [-0.25, -0.2) is 5.43 Å². The van der Waals surface area contributed by atoms with Crippen LogP contribution < -0.4 is 10.9 Å². The summed E-state index contributed by atoms with van der Waals surface area (Å²) in [6.45, 7) is 9.67. The molecule has 0 radical (unpaired) electrons. The maximum Gasteiger partial charge on any atom is 0.254 e. The number of nitrogens with zero attached hydrogens (tertiary/aromatic N) is 3. The van der Waals surface area contributed by atoms with Crippen molar-refractivity contribution in [2.75, 3.05) is 64.9 Å². The Labute approximate surface area is 226 Å². The number of carbonyl (C=O) groups is 1. The number of ether oxygens (including phenoxy) is 1. The average Bonchev–Trinajstić information content (AvgIpc) is 3.53. The monoisotopic (exact) mass is 513 g/mol. The molecule has 7 nitrogen and oxygen atoms in total. The number of carbonyl (C=O) groups excluding carboxylic acids is 1. The van der Waals surface area contributed by atoms with Crippen LogP contribution in [0.4, 0.5) is 5.69 Å². The van der Waals surface area contributed by atoms with Gasteiger partial charge in [-0.1, -0.05) is 36.4 Å². The summed E-state index contributed by atoms with van der Waals surface area (Å²) >= 11 is 0. The highest BCUT2D eigenvalue weighted by molar-refractivity contribution is 5.97. The number of allylic oxidation sites excluding steroid dienone is 1. The number of hydrazine groups is 1. The van der Waals surface area contributed by atoms with Crippen LogP contribution in [-0.4, -0.2) is 80.1 Å². The number of piperazine rings is 1. The fourth-order valence-electron chi connectivity index (χ4n) is 6.12. The number of likely N-dealkylation sites (N-methyl/N-ethyl adjacent to an activating group) is 1. The van der Waals surface area contributed by atoms with Crippen molar-refractivity contribution in [3.8, 4) is 0 Å². The lowest BCUT2D eigenvalue weighted by Gasteiger charge is -2.32. The maximum atomic E-state index is 13.7. The zero-order valence-corrected chi connectivity index (χ0v) is 22.5. The Morgan fingerprint density at radius 1 is 1.05 bits per heavy atom. The van der Waals surface area contributed by atoms with E-state index in [1.807, 2.05) is 17.9 Å². The minimum Gasteiger partial charge on any atom is -0.493 e. The molecule has 3 unspecified atom stereocenters. The van der Waals surface area contributed by atoms with Crippen LogP contribution in [0.15, 0.2) is 66.5 Å². The molecule has 0 spiro atoms. The second-order valence-electron chi connectivity index (χ2n) is 11.2. The molecule has 2 N–H and O–H groups in total. The van der Waals surface area contributed by atoms with Gasteiger partial charge in [0.25, 0.3) is 5.91 Å². The first-order valence-corrected chi connectivity index (χ1v) is 14.0. The van der Waals surface area contributed by atoms with Gasteiger partial charge in [0.2, 0.25) is 0 Å². The van der Waals surface area contributed by atoms with E-state index < -0.39 is 0 Å². The minimum atomic E-state index is 0.129. The lowest BCUT2D eigenvalue weighted by Crippen LogP contribution is -2.45.